The Bertz CT molecular complexity index is 1200. The molecular formula is C21H22N4O4S. The van der Waals surface area contributed by atoms with Gasteiger partial charge in [0, 0.05) is 24.1 Å². The summed E-state index contributed by atoms with van der Waals surface area (Å²) >= 11 is 0. The minimum absolute atomic E-state index is 0.112. The van der Waals surface area contributed by atoms with Crippen LogP contribution in [-0.2, 0) is 10.1 Å². The van der Waals surface area contributed by atoms with Gasteiger partial charge in [-0.2, -0.15) is 13.5 Å². The second-order valence-corrected chi connectivity index (χ2v) is 7.97. The Kier molecular flexibility index (Phi) is 6.53. The van der Waals surface area contributed by atoms with E-state index in [9.17, 15) is 8.42 Å². The minimum atomic E-state index is -4.03. The summed E-state index contributed by atoms with van der Waals surface area (Å²) in [6.45, 7) is 2.13. The molecule has 0 atom stereocenters. The van der Waals surface area contributed by atoms with Crippen molar-refractivity contribution in [3.8, 4) is 11.5 Å². The predicted octanol–water partition coefficient (Wildman–Crippen LogP) is 2.94. The van der Waals surface area contributed by atoms with E-state index in [1.54, 1.807) is 30.3 Å². The highest BCUT2D eigenvalue weighted by Gasteiger charge is 2.20. The number of nitrogens with two attached hydrogens (primary N) is 2. The van der Waals surface area contributed by atoms with Crippen molar-refractivity contribution in [3.63, 3.8) is 0 Å². The first kappa shape index (κ1) is 21.1. The molecule has 0 spiro atoms. The summed E-state index contributed by atoms with van der Waals surface area (Å²) in [6.07, 6.45) is 1.98. The van der Waals surface area contributed by atoms with Gasteiger partial charge in [-0.05, 0) is 36.1 Å². The zero-order valence-electron chi connectivity index (χ0n) is 16.4. The standard InChI is InChI=1S/C21H22N4O4S/c1-15-12-17(28-11-5-10-24-25-21(22)23)14-18(13-15)29-30(26,27)20-9-4-7-16-6-2-3-8-19(16)20/h2-4,6-10,12-14H,5,11H2,1H3,(H4,22,23,25)/b24-10+. The van der Waals surface area contributed by atoms with Crippen LogP contribution in [-0.4, -0.2) is 27.2 Å². The van der Waals surface area contributed by atoms with Crippen molar-refractivity contribution < 1.29 is 17.3 Å². The number of hydrogen-bond acceptors (Lipinski definition) is 6. The van der Waals surface area contributed by atoms with Gasteiger partial charge in [0.25, 0.3) is 0 Å². The molecule has 8 nitrogen and oxygen atoms in total. The number of guanidine groups is 1. The molecule has 0 fully saturated rings. The summed E-state index contributed by atoms with van der Waals surface area (Å²) in [5.74, 6) is 0.528. The van der Waals surface area contributed by atoms with E-state index >= 15 is 0 Å². The normalized spacial score (nSPS) is 11.5. The molecule has 0 saturated carbocycles. The highest BCUT2D eigenvalue weighted by molar-refractivity contribution is 7.87. The molecule has 30 heavy (non-hydrogen) atoms. The van der Waals surface area contributed by atoms with E-state index in [2.05, 4.69) is 10.2 Å². The Hall–Kier alpha value is -3.59. The molecule has 0 amide bonds. The molecule has 0 bridgehead atoms. The van der Waals surface area contributed by atoms with Gasteiger partial charge in [-0.15, -0.1) is 5.10 Å². The van der Waals surface area contributed by atoms with Crippen molar-refractivity contribution >= 4 is 33.1 Å². The summed E-state index contributed by atoms with van der Waals surface area (Å²) in [7, 11) is -4.03. The van der Waals surface area contributed by atoms with Gasteiger partial charge in [0.15, 0.2) is 0 Å². The van der Waals surface area contributed by atoms with Crippen LogP contribution in [0.2, 0.25) is 0 Å². The molecule has 0 heterocycles. The molecule has 4 N–H and O–H groups in total. The third kappa shape index (κ3) is 5.48. The maximum atomic E-state index is 12.9. The average Bonchev–Trinajstić information content (AvgIpc) is 2.69. The topological polar surface area (TPSA) is 129 Å². The van der Waals surface area contributed by atoms with Crippen LogP contribution in [0.5, 0.6) is 11.5 Å². The molecule has 156 valence electrons. The zero-order chi connectivity index (χ0) is 21.6. The molecule has 0 radical (unpaired) electrons. The largest absolute Gasteiger partial charge is 0.493 e. The Morgan fingerprint density at radius 1 is 1.03 bits per heavy atom. The Morgan fingerprint density at radius 3 is 2.57 bits per heavy atom. The van der Waals surface area contributed by atoms with Crippen molar-refractivity contribution in [3.05, 3.63) is 66.2 Å². The first-order chi connectivity index (χ1) is 14.3. The number of ether oxygens (including phenoxy) is 1. The first-order valence-electron chi connectivity index (χ1n) is 9.12. The summed E-state index contributed by atoms with van der Waals surface area (Å²) in [6, 6.07) is 17.3. The van der Waals surface area contributed by atoms with Crippen LogP contribution in [0, 0.1) is 6.92 Å². The van der Waals surface area contributed by atoms with Crippen molar-refractivity contribution in [2.24, 2.45) is 21.7 Å². The van der Waals surface area contributed by atoms with Crippen molar-refractivity contribution in [1.82, 2.24) is 0 Å². The SMILES string of the molecule is Cc1cc(OCC/C=N/N=C(N)N)cc(OS(=O)(=O)c2cccc3ccccc23)c1. The third-order valence-corrected chi connectivity index (χ3v) is 5.33. The second-order valence-electron chi connectivity index (χ2n) is 6.46. The molecule has 3 aromatic rings. The number of benzene rings is 3. The van der Waals surface area contributed by atoms with Gasteiger partial charge in [-0.1, -0.05) is 36.4 Å². The number of aryl methyl sites for hydroxylation is 1. The van der Waals surface area contributed by atoms with Crippen molar-refractivity contribution in [1.29, 1.82) is 0 Å². The molecule has 0 aromatic heterocycles. The minimum Gasteiger partial charge on any atom is -0.493 e. The van der Waals surface area contributed by atoms with Gasteiger partial charge in [0.05, 0.1) is 6.61 Å². The molecule has 0 aliphatic heterocycles. The number of nitrogens with zero attached hydrogens (tertiary/aromatic N) is 2. The van der Waals surface area contributed by atoms with Crippen LogP contribution in [0.15, 0.2) is 75.8 Å². The molecular weight excluding hydrogens is 404 g/mol. The summed E-state index contributed by atoms with van der Waals surface area (Å²) < 4.78 is 36.9. The lowest BCUT2D eigenvalue weighted by molar-refractivity contribution is 0.329. The Labute approximate surface area is 174 Å². The van der Waals surface area contributed by atoms with Crippen molar-refractivity contribution in [2.75, 3.05) is 6.61 Å². The summed E-state index contributed by atoms with van der Waals surface area (Å²) in [5, 5.41) is 8.58. The molecule has 0 aliphatic carbocycles. The van der Waals surface area contributed by atoms with Crippen LogP contribution >= 0.6 is 0 Å². The van der Waals surface area contributed by atoms with E-state index in [4.69, 9.17) is 20.4 Å². The quantitative estimate of drug-likeness (QED) is 0.187. The third-order valence-electron chi connectivity index (χ3n) is 4.02. The van der Waals surface area contributed by atoms with Crippen LogP contribution in [0.3, 0.4) is 0 Å². The molecule has 0 unspecified atom stereocenters. The van der Waals surface area contributed by atoms with Gasteiger partial charge in [0.2, 0.25) is 5.96 Å². The van der Waals surface area contributed by atoms with Gasteiger partial charge < -0.3 is 20.4 Å². The smallest absolute Gasteiger partial charge is 0.339 e. The van der Waals surface area contributed by atoms with E-state index in [1.807, 2.05) is 25.1 Å². The van der Waals surface area contributed by atoms with Gasteiger partial charge >= 0.3 is 10.1 Å². The lowest BCUT2D eigenvalue weighted by Crippen LogP contribution is -2.21. The van der Waals surface area contributed by atoms with E-state index in [1.165, 1.54) is 18.3 Å². The fourth-order valence-corrected chi connectivity index (χ4v) is 3.97. The van der Waals surface area contributed by atoms with Crippen LogP contribution in [0.25, 0.3) is 10.8 Å². The highest BCUT2D eigenvalue weighted by Crippen LogP contribution is 2.28. The van der Waals surface area contributed by atoms with E-state index in [-0.39, 0.29) is 16.6 Å². The summed E-state index contributed by atoms with van der Waals surface area (Å²) in [5.41, 5.74) is 11.1. The fourth-order valence-electron chi connectivity index (χ4n) is 2.83. The molecule has 0 saturated heterocycles. The van der Waals surface area contributed by atoms with Gasteiger partial charge in [0.1, 0.15) is 16.4 Å². The van der Waals surface area contributed by atoms with Gasteiger partial charge in [-0.25, -0.2) is 0 Å². The van der Waals surface area contributed by atoms with Crippen LogP contribution in [0.1, 0.15) is 12.0 Å². The monoisotopic (exact) mass is 426 g/mol. The predicted molar refractivity (Wildman–Crippen MR) is 117 cm³/mol. The first-order valence-corrected chi connectivity index (χ1v) is 10.5. The number of fused-ring (bicyclic) bond motifs is 1. The highest BCUT2D eigenvalue weighted by atomic mass is 32.2. The molecule has 0 aliphatic rings. The Balaban J connectivity index is 1.76. The summed E-state index contributed by atoms with van der Waals surface area (Å²) in [4.78, 5) is 0.112. The molecule has 3 aromatic carbocycles. The zero-order valence-corrected chi connectivity index (χ0v) is 17.2. The molecule has 9 heteroatoms. The second kappa shape index (κ2) is 9.27. The number of hydrogen-bond donors (Lipinski definition) is 2. The lowest BCUT2D eigenvalue weighted by Gasteiger charge is -2.12. The Morgan fingerprint density at radius 2 is 1.77 bits per heavy atom. The van der Waals surface area contributed by atoms with E-state index < -0.39 is 10.1 Å². The maximum Gasteiger partial charge on any atom is 0.339 e. The van der Waals surface area contributed by atoms with Crippen LogP contribution < -0.4 is 20.4 Å². The van der Waals surface area contributed by atoms with Crippen LogP contribution in [0.4, 0.5) is 0 Å². The van der Waals surface area contributed by atoms with E-state index in [0.29, 0.717) is 24.2 Å². The van der Waals surface area contributed by atoms with Gasteiger partial charge in [-0.3, -0.25) is 0 Å². The maximum absolute atomic E-state index is 12.9. The molecule has 3 rings (SSSR count). The average molecular weight is 426 g/mol. The van der Waals surface area contributed by atoms with Crippen molar-refractivity contribution in [2.45, 2.75) is 18.2 Å². The fraction of sp³-hybridized carbons (Fsp3) is 0.143. The lowest BCUT2D eigenvalue weighted by atomic mass is 10.1. The number of rotatable bonds is 8. The van der Waals surface area contributed by atoms with E-state index in [0.717, 1.165) is 10.9 Å².